The molecule has 0 N–H and O–H groups in total. The predicted molar refractivity (Wildman–Crippen MR) is 77.8 cm³/mol. The van der Waals surface area contributed by atoms with Crippen molar-refractivity contribution in [1.29, 1.82) is 0 Å². The third-order valence-electron chi connectivity index (χ3n) is 2.63. The van der Waals surface area contributed by atoms with E-state index in [2.05, 4.69) is 14.4 Å². The molecule has 1 heterocycles. The van der Waals surface area contributed by atoms with E-state index in [0.29, 0.717) is 16.1 Å². The van der Waals surface area contributed by atoms with Crippen LogP contribution in [0.5, 0.6) is 5.88 Å². The van der Waals surface area contributed by atoms with Crippen LogP contribution in [0.15, 0.2) is 24.3 Å². The Bertz CT molecular complexity index is 857. The highest BCUT2D eigenvalue weighted by Crippen LogP contribution is 2.32. The van der Waals surface area contributed by atoms with E-state index in [1.807, 2.05) is 0 Å². The molecular formula is C12H7Cl2F3N2O3S. The van der Waals surface area contributed by atoms with Gasteiger partial charge in [-0.3, -0.25) is 0 Å². The molecule has 0 fully saturated rings. The van der Waals surface area contributed by atoms with Gasteiger partial charge in [0.25, 0.3) is 5.88 Å². The average Bonchev–Trinajstić information content (AvgIpc) is 2.38. The first-order valence-corrected chi connectivity index (χ1v) is 7.98. The van der Waals surface area contributed by atoms with Crippen LogP contribution in [0.3, 0.4) is 0 Å². The van der Waals surface area contributed by atoms with Gasteiger partial charge in [0, 0.05) is 16.7 Å². The van der Waals surface area contributed by atoms with Crippen molar-refractivity contribution in [2.75, 3.05) is 0 Å². The number of hydrogen-bond donors (Lipinski definition) is 0. The zero-order chi connectivity index (χ0) is 17.4. The van der Waals surface area contributed by atoms with E-state index in [9.17, 15) is 21.6 Å². The molecule has 2 aromatic rings. The van der Waals surface area contributed by atoms with Gasteiger partial charge in [-0.05, 0) is 30.7 Å². The fraction of sp³-hybridized carbons (Fsp3) is 0.167. The molecule has 0 saturated heterocycles. The van der Waals surface area contributed by atoms with E-state index in [1.165, 1.54) is 13.0 Å². The molecule has 0 radical (unpaired) electrons. The fourth-order valence-corrected chi connectivity index (χ4v) is 2.51. The molecule has 0 amide bonds. The summed E-state index contributed by atoms with van der Waals surface area (Å²) in [7, 11) is -5.80. The molecule has 0 aliphatic rings. The molecule has 0 spiro atoms. The van der Waals surface area contributed by atoms with Gasteiger partial charge in [-0.1, -0.05) is 23.2 Å². The number of halogens is 5. The quantitative estimate of drug-likeness (QED) is 0.589. The molecule has 2 rings (SSSR count). The average molecular weight is 387 g/mol. The van der Waals surface area contributed by atoms with Gasteiger partial charge >= 0.3 is 15.6 Å². The number of aryl methyl sites for hydroxylation is 1. The van der Waals surface area contributed by atoms with Crippen LogP contribution in [0, 0.1) is 6.92 Å². The van der Waals surface area contributed by atoms with Crippen LogP contribution >= 0.6 is 23.2 Å². The molecule has 5 nitrogen and oxygen atoms in total. The summed E-state index contributed by atoms with van der Waals surface area (Å²) in [5.74, 6) is -0.798. The van der Waals surface area contributed by atoms with Gasteiger partial charge in [0.05, 0.1) is 10.7 Å². The topological polar surface area (TPSA) is 69.2 Å². The van der Waals surface area contributed by atoms with Crippen LogP contribution in [0.25, 0.3) is 11.3 Å². The Morgan fingerprint density at radius 3 is 2.30 bits per heavy atom. The molecule has 124 valence electrons. The van der Waals surface area contributed by atoms with Crippen LogP contribution < -0.4 is 4.18 Å². The van der Waals surface area contributed by atoms with Crippen molar-refractivity contribution >= 4 is 33.3 Å². The van der Waals surface area contributed by atoms with Crippen molar-refractivity contribution in [3.63, 3.8) is 0 Å². The Morgan fingerprint density at radius 2 is 1.78 bits per heavy atom. The van der Waals surface area contributed by atoms with Crippen molar-refractivity contribution < 1.29 is 25.8 Å². The molecule has 1 aromatic carbocycles. The van der Waals surface area contributed by atoms with Gasteiger partial charge in [-0.25, -0.2) is 0 Å². The summed E-state index contributed by atoms with van der Waals surface area (Å²) in [6.07, 6.45) is 0. The lowest BCUT2D eigenvalue weighted by molar-refractivity contribution is -0.0501. The maximum atomic E-state index is 12.3. The minimum absolute atomic E-state index is 0.253. The summed E-state index contributed by atoms with van der Waals surface area (Å²) in [5.41, 5.74) is -4.55. The summed E-state index contributed by atoms with van der Waals surface area (Å²) < 4.78 is 62.6. The lowest BCUT2D eigenvalue weighted by Crippen LogP contribution is -2.28. The van der Waals surface area contributed by atoms with Gasteiger partial charge in [0.1, 0.15) is 0 Å². The Balaban J connectivity index is 2.39. The monoisotopic (exact) mass is 386 g/mol. The molecule has 0 bridgehead atoms. The number of rotatable bonds is 3. The Labute approximate surface area is 139 Å². The number of aromatic nitrogens is 2. The molecule has 0 saturated carbocycles. The SMILES string of the molecule is Cc1cc(OS(=O)(=O)C(F)(F)F)nnc1-c1ccc(Cl)cc1Cl. The van der Waals surface area contributed by atoms with Crippen LogP contribution in [-0.4, -0.2) is 24.1 Å². The maximum absolute atomic E-state index is 12.3. The van der Waals surface area contributed by atoms with E-state index in [-0.39, 0.29) is 10.7 Å². The van der Waals surface area contributed by atoms with E-state index < -0.39 is 21.5 Å². The summed E-state index contributed by atoms with van der Waals surface area (Å²) in [6.45, 7) is 1.49. The maximum Gasteiger partial charge on any atom is 0.534 e. The van der Waals surface area contributed by atoms with Gasteiger partial charge in [-0.15, -0.1) is 10.2 Å². The highest BCUT2D eigenvalue weighted by atomic mass is 35.5. The lowest BCUT2D eigenvalue weighted by Gasteiger charge is -2.10. The second-order valence-electron chi connectivity index (χ2n) is 4.32. The van der Waals surface area contributed by atoms with Gasteiger partial charge in [0.2, 0.25) is 0 Å². The van der Waals surface area contributed by atoms with E-state index in [1.54, 1.807) is 12.1 Å². The first-order chi connectivity index (χ1) is 10.5. The zero-order valence-electron chi connectivity index (χ0n) is 11.2. The molecule has 23 heavy (non-hydrogen) atoms. The number of hydrogen-bond acceptors (Lipinski definition) is 5. The third kappa shape index (κ3) is 3.85. The third-order valence-corrected chi connectivity index (χ3v) is 4.13. The molecule has 0 aliphatic heterocycles. The first kappa shape index (κ1) is 17.8. The Morgan fingerprint density at radius 1 is 1.13 bits per heavy atom. The summed E-state index contributed by atoms with van der Waals surface area (Å²) in [4.78, 5) is 0. The molecule has 1 aromatic heterocycles. The van der Waals surface area contributed by atoms with Crippen LogP contribution in [0.2, 0.25) is 10.0 Å². The van der Waals surface area contributed by atoms with Crippen molar-refractivity contribution in [2.45, 2.75) is 12.4 Å². The Kier molecular flexibility index (Phi) is 4.74. The standard InChI is InChI=1S/C12H7Cl2F3N2O3S/c1-6-4-10(22-23(20,21)12(15,16)17)18-19-11(6)8-3-2-7(13)5-9(8)14/h2-5H,1H3. The second kappa shape index (κ2) is 6.14. The highest BCUT2D eigenvalue weighted by Gasteiger charge is 2.49. The molecular weight excluding hydrogens is 380 g/mol. The minimum atomic E-state index is -5.80. The fourth-order valence-electron chi connectivity index (χ4n) is 1.61. The van der Waals surface area contributed by atoms with Crippen molar-refractivity contribution in [3.05, 3.63) is 39.9 Å². The second-order valence-corrected chi connectivity index (χ2v) is 6.70. The molecule has 0 aliphatic carbocycles. The van der Waals surface area contributed by atoms with Gasteiger partial charge in [0.15, 0.2) is 0 Å². The largest absolute Gasteiger partial charge is 0.534 e. The van der Waals surface area contributed by atoms with Crippen molar-refractivity contribution in [3.8, 4) is 17.1 Å². The first-order valence-electron chi connectivity index (χ1n) is 5.82. The smallest absolute Gasteiger partial charge is 0.354 e. The van der Waals surface area contributed by atoms with Crippen molar-refractivity contribution in [2.24, 2.45) is 0 Å². The number of alkyl halides is 3. The number of nitrogens with zero attached hydrogens (tertiary/aromatic N) is 2. The van der Waals surface area contributed by atoms with Crippen LogP contribution in [-0.2, 0) is 10.1 Å². The molecule has 0 atom stereocenters. The highest BCUT2D eigenvalue weighted by molar-refractivity contribution is 7.87. The van der Waals surface area contributed by atoms with Crippen molar-refractivity contribution in [1.82, 2.24) is 10.2 Å². The minimum Gasteiger partial charge on any atom is -0.354 e. The van der Waals surface area contributed by atoms with Crippen LogP contribution in [0.1, 0.15) is 5.56 Å². The predicted octanol–water partition coefficient (Wildman–Crippen LogP) is 3.99. The van der Waals surface area contributed by atoms with Gasteiger partial charge < -0.3 is 4.18 Å². The Hall–Kier alpha value is -1.58. The van der Waals surface area contributed by atoms with Crippen LogP contribution in [0.4, 0.5) is 13.2 Å². The summed E-state index contributed by atoms with van der Waals surface area (Å²) in [5, 5.41) is 7.65. The lowest BCUT2D eigenvalue weighted by atomic mass is 10.1. The zero-order valence-corrected chi connectivity index (χ0v) is 13.6. The normalized spacial score (nSPS) is 12.3. The van der Waals surface area contributed by atoms with E-state index in [4.69, 9.17) is 23.2 Å². The number of benzene rings is 1. The summed E-state index contributed by atoms with van der Waals surface area (Å²) in [6, 6.07) is 5.56. The molecule has 0 unspecified atom stereocenters. The summed E-state index contributed by atoms with van der Waals surface area (Å²) >= 11 is 11.8. The van der Waals surface area contributed by atoms with Gasteiger partial charge in [-0.2, -0.15) is 21.6 Å². The van der Waals surface area contributed by atoms with E-state index >= 15 is 0 Å². The molecule has 11 heteroatoms. The van der Waals surface area contributed by atoms with E-state index in [0.717, 1.165) is 6.07 Å².